The molecule has 212 valence electrons. The van der Waals surface area contributed by atoms with Gasteiger partial charge in [-0.25, -0.2) is 27.6 Å². The van der Waals surface area contributed by atoms with Crippen molar-refractivity contribution >= 4 is 27.4 Å². The summed E-state index contributed by atoms with van der Waals surface area (Å²) < 4.78 is 57.3. The SMILES string of the molecule is Cc1c(Nc2ccc(S(=O)(=O)C3CC3)cc2F)ncnc1OC1CC2COCC(C1)N2C(=O)OCC(C)(C)C. The minimum atomic E-state index is -3.49. The van der Waals surface area contributed by atoms with E-state index in [2.05, 4.69) is 15.3 Å². The van der Waals surface area contributed by atoms with Gasteiger partial charge in [0.1, 0.15) is 24.1 Å². The third kappa shape index (κ3) is 6.11. The number of benzene rings is 1. The highest BCUT2D eigenvalue weighted by atomic mass is 32.2. The molecule has 1 aliphatic carbocycles. The smallest absolute Gasteiger partial charge is 0.410 e. The number of sulfone groups is 1. The number of halogens is 1. The first-order chi connectivity index (χ1) is 18.4. The second-order valence-electron chi connectivity index (χ2n) is 11.7. The van der Waals surface area contributed by atoms with Crippen LogP contribution >= 0.6 is 0 Å². The fraction of sp³-hybridized carbons (Fsp3) is 0.593. The summed E-state index contributed by atoms with van der Waals surface area (Å²) in [6.45, 7) is 8.95. The maximum absolute atomic E-state index is 14.9. The van der Waals surface area contributed by atoms with E-state index in [9.17, 15) is 17.6 Å². The van der Waals surface area contributed by atoms with E-state index in [-0.39, 0.29) is 40.3 Å². The summed E-state index contributed by atoms with van der Waals surface area (Å²) in [4.78, 5) is 23.1. The Balaban J connectivity index is 1.26. The molecule has 1 N–H and O–H groups in total. The van der Waals surface area contributed by atoms with Crippen molar-refractivity contribution < 1.29 is 31.8 Å². The number of fused-ring (bicyclic) bond motifs is 2. The first-order valence-electron chi connectivity index (χ1n) is 13.2. The maximum atomic E-state index is 14.9. The van der Waals surface area contributed by atoms with Gasteiger partial charge in [-0.1, -0.05) is 20.8 Å². The predicted octanol–water partition coefficient (Wildman–Crippen LogP) is 4.40. The van der Waals surface area contributed by atoms with E-state index in [4.69, 9.17) is 14.2 Å². The molecular formula is C27H35FN4O6S. The largest absolute Gasteiger partial charge is 0.474 e. The molecule has 3 fully saturated rings. The highest BCUT2D eigenvalue weighted by Gasteiger charge is 2.44. The summed E-state index contributed by atoms with van der Waals surface area (Å²) >= 11 is 0. The Labute approximate surface area is 228 Å². The van der Waals surface area contributed by atoms with Gasteiger partial charge in [0.15, 0.2) is 9.84 Å². The zero-order chi connectivity index (χ0) is 27.9. The number of hydrogen-bond acceptors (Lipinski definition) is 9. The molecule has 1 amide bonds. The van der Waals surface area contributed by atoms with E-state index in [0.29, 0.717) is 62.8 Å². The van der Waals surface area contributed by atoms with Gasteiger partial charge in [-0.3, -0.25) is 4.90 Å². The van der Waals surface area contributed by atoms with Crippen LogP contribution in [0.3, 0.4) is 0 Å². The lowest BCUT2D eigenvalue weighted by atomic mass is 9.92. The van der Waals surface area contributed by atoms with Gasteiger partial charge in [0.05, 0.1) is 53.3 Å². The number of ether oxygens (including phenoxy) is 3. The Morgan fingerprint density at radius 1 is 1.18 bits per heavy atom. The monoisotopic (exact) mass is 562 g/mol. The topological polar surface area (TPSA) is 120 Å². The number of hydrogen-bond donors (Lipinski definition) is 1. The zero-order valence-corrected chi connectivity index (χ0v) is 23.5. The van der Waals surface area contributed by atoms with Crippen molar-refractivity contribution in [1.82, 2.24) is 14.9 Å². The summed E-state index contributed by atoms with van der Waals surface area (Å²) in [5.41, 5.74) is 0.560. The van der Waals surface area contributed by atoms with Gasteiger partial charge in [-0.15, -0.1) is 0 Å². The molecule has 2 atom stereocenters. The number of carbonyl (C=O) groups is 1. The minimum absolute atomic E-state index is 0.0142. The molecule has 39 heavy (non-hydrogen) atoms. The summed E-state index contributed by atoms with van der Waals surface area (Å²) in [6, 6.07) is 3.52. The Hall–Kier alpha value is -2.99. The van der Waals surface area contributed by atoms with E-state index in [1.807, 2.05) is 20.8 Å². The van der Waals surface area contributed by atoms with E-state index in [1.165, 1.54) is 18.5 Å². The molecule has 10 nitrogen and oxygen atoms in total. The molecule has 2 unspecified atom stereocenters. The fourth-order valence-corrected chi connectivity index (χ4v) is 6.59. The van der Waals surface area contributed by atoms with Crippen LogP contribution < -0.4 is 10.1 Å². The highest BCUT2D eigenvalue weighted by Crippen LogP contribution is 2.36. The summed E-state index contributed by atoms with van der Waals surface area (Å²) in [7, 11) is -3.49. The molecule has 5 rings (SSSR count). The van der Waals surface area contributed by atoms with Gasteiger partial charge in [0.25, 0.3) is 0 Å². The highest BCUT2D eigenvalue weighted by molar-refractivity contribution is 7.92. The number of morpholine rings is 1. The second-order valence-corrected chi connectivity index (χ2v) is 14.0. The number of nitrogens with zero attached hydrogens (tertiary/aromatic N) is 3. The van der Waals surface area contributed by atoms with Crippen LogP contribution in [0.5, 0.6) is 5.88 Å². The van der Waals surface area contributed by atoms with Crippen LogP contribution in [0.1, 0.15) is 52.0 Å². The van der Waals surface area contributed by atoms with Crippen molar-refractivity contribution in [3.63, 3.8) is 0 Å². The third-order valence-corrected chi connectivity index (χ3v) is 9.38. The number of rotatable bonds is 7. The minimum Gasteiger partial charge on any atom is -0.474 e. The predicted molar refractivity (Wildman–Crippen MR) is 141 cm³/mol. The van der Waals surface area contributed by atoms with Crippen LogP contribution in [-0.2, 0) is 19.3 Å². The normalized spacial score (nSPS) is 23.3. The third-order valence-electron chi connectivity index (χ3n) is 7.12. The summed E-state index contributed by atoms with van der Waals surface area (Å²) in [5.74, 6) is 0.0211. The van der Waals surface area contributed by atoms with E-state index < -0.39 is 20.9 Å². The Morgan fingerprint density at radius 3 is 2.49 bits per heavy atom. The molecule has 1 saturated carbocycles. The molecule has 3 aliphatic rings. The molecule has 1 aromatic heterocycles. The van der Waals surface area contributed by atoms with Crippen LogP contribution in [0.2, 0.25) is 0 Å². The molecule has 1 aromatic carbocycles. The van der Waals surface area contributed by atoms with Crippen molar-refractivity contribution in [2.75, 3.05) is 25.1 Å². The lowest BCUT2D eigenvalue weighted by Gasteiger charge is -2.47. The van der Waals surface area contributed by atoms with Crippen LogP contribution in [0.4, 0.5) is 20.7 Å². The van der Waals surface area contributed by atoms with Crippen LogP contribution in [0.25, 0.3) is 0 Å². The van der Waals surface area contributed by atoms with Crippen LogP contribution in [0, 0.1) is 18.2 Å². The lowest BCUT2D eigenvalue weighted by molar-refractivity contribution is -0.0928. The van der Waals surface area contributed by atoms with Crippen molar-refractivity contribution in [3.8, 4) is 5.88 Å². The first-order valence-corrected chi connectivity index (χ1v) is 14.8. The number of aromatic nitrogens is 2. The number of carbonyl (C=O) groups excluding carboxylic acids is 1. The number of anilines is 2. The standard InChI is InChI=1S/C27H35FN4O6S/c1-16-24(31-23-8-7-21(11-22(23)28)39(34,35)20-5-6-20)29-15-30-25(16)38-19-9-17-12-36-13-18(10-19)32(17)26(33)37-14-27(2,3)4/h7-8,11,15,17-20H,5-6,9-10,12-14H2,1-4H3,(H,29,30,31). The number of piperidine rings is 1. The van der Waals surface area contributed by atoms with E-state index in [1.54, 1.807) is 11.8 Å². The Bertz CT molecular complexity index is 1330. The molecular weight excluding hydrogens is 527 g/mol. The van der Waals surface area contributed by atoms with Gasteiger partial charge in [-0.05, 0) is 43.4 Å². The van der Waals surface area contributed by atoms with Crippen molar-refractivity contribution in [2.24, 2.45) is 5.41 Å². The molecule has 2 aliphatic heterocycles. The van der Waals surface area contributed by atoms with Gasteiger partial charge in [-0.2, -0.15) is 0 Å². The average molecular weight is 563 g/mol. The molecule has 3 heterocycles. The zero-order valence-electron chi connectivity index (χ0n) is 22.6. The number of amides is 1. The van der Waals surface area contributed by atoms with Gasteiger partial charge < -0.3 is 19.5 Å². The molecule has 0 spiro atoms. The summed E-state index contributed by atoms with van der Waals surface area (Å²) in [5, 5.41) is 2.53. The van der Waals surface area contributed by atoms with Crippen LogP contribution in [-0.4, -0.2) is 72.6 Å². The summed E-state index contributed by atoms with van der Waals surface area (Å²) in [6.07, 6.45) is 3.13. The molecule has 2 saturated heterocycles. The fourth-order valence-electron chi connectivity index (χ4n) is 4.92. The van der Waals surface area contributed by atoms with Gasteiger partial charge in [0.2, 0.25) is 5.88 Å². The van der Waals surface area contributed by atoms with Gasteiger partial charge in [0, 0.05) is 12.8 Å². The van der Waals surface area contributed by atoms with E-state index in [0.717, 1.165) is 6.07 Å². The number of nitrogens with one attached hydrogen (secondary N) is 1. The van der Waals surface area contributed by atoms with Crippen LogP contribution in [0.15, 0.2) is 29.4 Å². The van der Waals surface area contributed by atoms with E-state index >= 15 is 0 Å². The van der Waals surface area contributed by atoms with Crippen molar-refractivity contribution in [1.29, 1.82) is 0 Å². The molecule has 12 heteroatoms. The van der Waals surface area contributed by atoms with Crippen molar-refractivity contribution in [3.05, 3.63) is 35.9 Å². The first kappa shape index (κ1) is 27.6. The lowest BCUT2D eigenvalue weighted by Crippen LogP contribution is -2.61. The average Bonchev–Trinajstić information content (AvgIpc) is 3.71. The second kappa shape index (κ2) is 10.5. The molecule has 2 aromatic rings. The van der Waals surface area contributed by atoms with Crippen molar-refractivity contribution in [2.45, 2.75) is 81.7 Å². The quantitative estimate of drug-likeness (QED) is 0.524. The Kier molecular flexibility index (Phi) is 7.45. The Morgan fingerprint density at radius 2 is 1.87 bits per heavy atom. The molecule has 0 radical (unpaired) electrons. The molecule has 2 bridgehead atoms. The maximum Gasteiger partial charge on any atom is 0.410 e. The van der Waals surface area contributed by atoms with Gasteiger partial charge >= 0.3 is 6.09 Å².